The Balaban J connectivity index is 1.99. The van der Waals surface area contributed by atoms with Crippen molar-refractivity contribution < 1.29 is 19.4 Å². The Morgan fingerprint density at radius 3 is 2.60 bits per heavy atom. The molecule has 0 amide bonds. The van der Waals surface area contributed by atoms with Crippen LogP contribution in [0.3, 0.4) is 0 Å². The highest BCUT2D eigenvalue weighted by Crippen LogP contribution is 2.67. The fourth-order valence-electron chi connectivity index (χ4n) is 5.60. The van der Waals surface area contributed by atoms with Gasteiger partial charge in [0.1, 0.15) is 12.4 Å². The molecule has 5 unspecified atom stereocenters. The summed E-state index contributed by atoms with van der Waals surface area (Å²) in [6.45, 7) is 7.61. The zero-order valence-electron chi connectivity index (χ0n) is 12.4. The predicted octanol–water partition coefficient (Wildman–Crippen LogP) is 2.41. The third kappa shape index (κ3) is 1.85. The molecule has 4 fully saturated rings. The molecule has 0 aromatic rings. The summed E-state index contributed by atoms with van der Waals surface area (Å²) in [5.74, 6) is 0.278. The molecular formula is C16H24O4. The van der Waals surface area contributed by atoms with Crippen LogP contribution in [0, 0.1) is 17.3 Å². The van der Waals surface area contributed by atoms with Crippen molar-refractivity contribution in [1.82, 2.24) is 0 Å². The molecule has 4 nitrogen and oxygen atoms in total. The highest BCUT2D eigenvalue weighted by molar-refractivity contribution is 5.81. The maximum absolute atomic E-state index is 11.8. The molecule has 1 N–H and O–H groups in total. The second-order valence-corrected chi connectivity index (χ2v) is 7.39. The van der Waals surface area contributed by atoms with Crippen LogP contribution in [0.4, 0.5) is 0 Å². The zero-order valence-corrected chi connectivity index (χ0v) is 12.4. The molecule has 4 bridgehead atoms. The van der Waals surface area contributed by atoms with Crippen molar-refractivity contribution in [3.8, 4) is 0 Å². The van der Waals surface area contributed by atoms with Crippen LogP contribution < -0.4 is 0 Å². The van der Waals surface area contributed by atoms with Gasteiger partial charge in [-0.05, 0) is 43.4 Å². The summed E-state index contributed by atoms with van der Waals surface area (Å²) in [7, 11) is 0. The first kappa shape index (κ1) is 14.1. The average molecular weight is 280 g/mol. The number of carbonyl (C=O) groups excluding carboxylic acids is 1. The zero-order chi connectivity index (χ0) is 14.6. The van der Waals surface area contributed by atoms with Gasteiger partial charge in [0.05, 0.1) is 5.60 Å². The van der Waals surface area contributed by atoms with Crippen LogP contribution in [-0.2, 0) is 14.3 Å². The monoisotopic (exact) mass is 280 g/mol. The molecule has 112 valence electrons. The van der Waals surface area contributed by atoms with Crippen molar-refractivity contribution >= 4 is 5.97 Å². The number of ether oxygens (including phenoxy) is 2. The molecule has 0 saturated heterocycles. The third-order valence-electron chi connectivity index (χ3n) is 5.90. The fourth-order valence-corrected chi connectivity index (χ4v) is 5.60. The van der Waals surface area contributed by atoms with E-state index in [1.54, 1.807) is 0 Å². The van der Waals surface area contributed by atoms with Gasteiger partial charge >= 0.3 is 5.97 Å². The maximum atomic E-state index is 11.8. The molecule has 4 rings (SSSR count). The summed E-state index contributed by atoms with van der Waals surface area (Å²) in [5.41, 5.74) is -0.650. The van der Waals surface area contributed by atoms with Gasteiger partial charge in [-0.1, -0.05) is 20.4 Å². The number of hydrogen-bond donors (Lipinski definition) is 1. The van der Waals surface area contributed by atoms with Crippen molar-refractivity contribution in [2.24, 2.45) is 17.3 Å². The summed E-state index contributed by atoms with van der Waals surface area (Å²) < 4.78 is 11.6. The van der Waals surface area contributed by atoms with Crippen molar-refractivity contribution in [3.05, 3.63) is 12.7 Å². The Morgan fingerprint density at radius 1 is 1.35 bits per heavy atom. The van der Waals surface area contributed by atoms with E-state index in [1.807, 2.05) is 0 Å². The first-order valence-corrected chi connectivity index (χ1v) is 7.47. The summed E-state index contributed by atoms with van der Waals surface area (Å²) >= 11 is 0. The van der Waals surface area contributed by atoms with Crippen LogP contribution >= 0.6 is 0 Å². The van der Waals surface area contributed by atoms with Crippen LogP contribution in [0.1, 0.15) is 46.0 Å². The third-order valence-corrected chi connectivity index (χ3v) is 5.90. The number of rotatable bonds is 4. The molecule has 0 radical (unpaired) electrons. The maximum Gasteiger partial charge on any atom is 0.330 e. The molecule has 0 aromatic heterocycles. The number of aliphatic hydroxyl groups excluding tert-OH is 1. The molecule has 0 heterocycles. The van der Waals surface area contributed by atoms with Crippen molar-refractivity contribution in [1.29, 1.82) is 0 Å². The Kier molecular flexibility index (Phi) is 3.04. The Morgan fingerprint density at radius 2 is 2.00 bits per heavy atom. The molecule has 4 aliphatic rings. The lowest BCUT2D eigenvalue weighted by molar-refractivity contribution is -0.295. The average Bonchev–Trinajstić information content (AvgIpc) is 2.34. The van der Waals surface area contributed by atoms with Gasteiger partial charge in [0.2, 0.25) is 0 Å². The standard InChI is InChI=1S/C16H24O4/c1-4-13(18)20-16-7-12-5-14(3,9-16)8-15(6-12,11(16)2)19-10-17/h4,11-12,17H,1,5-10H2,2-3H3. The first-order chi connectivity index (χ1) is 9.37. The van der Waals surface area contributed by atoms with Gasteiger partial charge in [-0.3, -0.25) is 0 Å². The predicted molar refractivity (Wildman–Crippen MR) is 73.8 cm³/mol. The quantitative estimate of drug-likeness (QED) is 0.488. The number of aliphatic hydroxyl groups is 1. The molecular weight excluding hydrogens is 256 g/mol. The van der Waals surface area contributed by atoms with E-state index in [1.165, 1.54) is 12.5 Å². The molecule has 5 atom stereocenters. The SMILES string of the molecule is C=CC(=O)OC12CC3CC(C)(CC(OCO)(C3)C1C)C2. The van der Waals surface area contributed by atoms with Gasteiger partial charge in [0.15, 0.2) is 0 Å². The van der Waals surface area contributed by atoms with Gasteiger partial charge in [-0.2, -0.15) is 0 Å². The Labute approximate surface area is 120 Å². The van der Waals surface area contributed by atoms with Gasteiger partial charge in [-0.25, -0.2) is 4.79 Å². The van der Waals surface area contributed by atoms with Crippen molar-refractivity contribution in [3.63, 3.8) is 0 Å². The topological polar surface area (TPSA) is 55.8 Å². The van der Waals surface area contributed by atoms with E-state index in [0.29, 0.717) is 5.92 Å². The van der Waals surface area contributed by atoms with Gasteiger partial charge in [0.25, 0.3) is 0 Å². The molecule has 4 heteroatoms. The van der Waals surface area contributed by atoms with E-state index >= 15 is 0 Å². The second kappa shape index (κ2) is 4.31. The van der Waals surface area contributed by atoms with E-state index in [4.69, 9.17) is 9.47 Å². The molecule has 20 heavy (non-hydrogen) atoms. The molecule has 0 aromatic carbocycles. The fraction of sp³-hybridized carbons (Fsp3) is 0.812. The highest BCUT2D eigenvalue weighted by atomic mass is 16.6. The summed E-state index contributed by atoms with van der Waals surface area (Å²) in [6, 6.07) is 0. The summed E-state index contributed by atoms with van der Waals surface area (Å²) in [5, 5.41) is 9.29. The van der Waals surface area contributed by atoms with Gasteiger partial charge in [0, 0.05) is 12.0 Å². The van der Waals surface area contributed by atoms with E-state index in [9.17, 15) is 9.90 Å². The molecule has 0 spiro atoms. The highest BCUT2D eigenvalue weighted by Gasteiger charge is 2.68. The lowest BCUT2D eigenvalue weighted by Gasteiger charge is -2.67. The molecule has 4 aliphatic carbocycles. The first-order valence-electron chi connectivity index (χ1n) is 7.47. The van der Waals surface area contributed by atoms with Gasteiger partial charge < -0.3 is 14.6 Å². The van der Waals surface area contributed by atoms with Crippen LogP contribution in [0.5, 0.6) is 0 Å². The second-order valence-electron chi connectivity index (χ2n) is 7.39. The molecule has 0 aliphatic heterocycles. The largest absolute Gasteiger partial charge is 0.455 e. The van der Waals surface area contributed by atoms with E-state index < -0.39 is 5.60 Å². The van der Waals surface area contributed by atoms with E-state index in [2.05, 4.69) is 20.4 Å². The normalized spacial score (nSPS) is 49.1. The van der Waals surface area contributed by atoms with Crippen LogP contribution in [0.25, 0.3) is 0 Å². The summed E-state index contributed by atoms with van der Waals surface area (Å²) in [6.07, 6.45) is 6.15. The van der Waals surface area contributed by atoms with Crippen molar-refractivity contribution in [2.75, 3.05) is 6.79 Å². The number of hydrogen-bond acceptors (Lipinski definition) is 4. The minimum Gasteiger partial charge on any atom is -0.455 e. The Bertz CT molecular complexity index is 448. The Hall–Kier alpha value is -0.870. The van der Waals surface area contributed by atoms with E-state index in [0.717, 1.165) is 25.7 Å². The van der Waals surface area contributed by atoms with Gasteiger partial charge in [-0.15, -0.1) is 0 Å². The van der Waals surface area contributed by atoms with Crippen LogP contribution in [0.15, 0.2) is 12.7 Å². The van der Waals surface area contributed by atoms with Crippen LogP contribution in [0.2, 0.25) is 0 Å². The van der Waals surface area contributed by atoms with Crippen molar-refractivity contribution in [2.45, 2.75) is 57.2 Å². The lowest BCUT2D eigenvalue weighted by Crippen LogP contribution is -2.69. The number of esters is 1. The van der Waals surface area contributed by atoms with Crippen LogP contribution in [-0.4, -0.2) is 29.1 Å². The smallest absolute Gasteiger partial charge is 0.330 e. The lowest BCUT2D eigenvalue weighted by atomic mass is 9.43. The van der Waals surface area contributed by atoms with E-state index in [-0.39, 0.29) is 29.7 Å². The minimum absolute atomic E-state index is 0.107. The minimum atomic E-state index is -0.450. The summed E-state index contributed by atoms with van der Waals surface area (Å²) in [4.78, 5) is 11.8. The number of carbonyl (C=O) groups is 1. The molecule has 4 saturated carbocycles.